The summed E-state index contributed by atoms with van der Waals surface area (Å²) in [5, 5.41) is 13.4. The zero-order chi connectivity index (χ0) is 14.5. The molecule has 0 aromatic carbocycles. The van der Waals surface area contributed by atoms with Gasteiger partial charge in [-0.15, -0.1) is 22.7 Å². The second-order valence-electron chi connectivity index (χ2n) is 3.96. The Hall–Kier alpha value is -1.32. The van der Waals surface area contributed by atoms with Gasteiger partial charge in [-0.2, -0.15) is 0 Å². The van der Waals surface area contributed by atoms with Gasteiger partial charge in [-0.3, -0.25) is 4.79 Å². The first-order valence-electron chi connectivity index (χ1n) is 5.85. The van der Waals surface area contributed by atoms with Crippen LogP contribution in [0.1, 0.15) is 33.1 Å². The Kier molecular flexibility index (Phi) is 5.21. The zero-order valence-electron chi connectivity index (χ0n) is 10.6. The van der Waals surface area contributed by atoms with Crippen LogP contribution >= 0.6 is 34.3 Å². The summed E-state index contributed by atoms with van der Waals surface area (Å²) in [6.45, 7) is 1.69. The van der Waals surface area contributed by atoms with Gasteiger partial charge in [0, 0.05) is 10.4 Å². The maximum Gasteiger partial charge on any atom is 0.263 e. The Balaban J connectivity index is 2.10. The summed E-state index contributed by atoms with van der Waals surface area (Å²) in [6, 6.07) is 5.38. The maximum absolute atomic E-state index is 12.2. The average molecular weight is 326 g/mol. The third-order valence-corrected chi connectivity index (χ3v) is 4.87. The molecule has 0 aliphatic rings. The second-order valence-corrected chi connectivity index (χ2v) is 6.62. The number of nitrogens with one attached hydrogen (secondary N) is 1. The number of rotatable bonds is 3. The molecule has 0 saturated carbocycles. The minimum atomic E-state index is -0.221. The van der Waals surface area contributed by atoms with E-state index in [0.29, 0.717) is 14.8 Å². The molecule has 0 aliphatic carbocycles. The molecule has 1 atom stereocenters. The standard InChI is InChI=1S/C14H12ClNO2S2/c1-9(11-4-5-12(15)20-11)16-14(18)13-10(3-2-7-17)6-8-19-13/h4-6,8-9,17H,7H2,1H3,(H,16,18). The summed E-state index contributed by atoms with van der Waals surface area (Å²) < 4.78 is 0.701. The number of thiophene rings is 2. The molecule has 20 heavy (non-hydrogen) atoms. The number of carbonyl (C=O) groups is 1. The van der Waals surface area contributed by atoms with Gasteiger partial charge < -0.3 is 10.4 Å². The van der Waals surface area contributed by atoms with Gasteiger partial charge in [0.25, 0.3) is 5.91 Å². The third kappa shape index (κ3) is 3.62. The van der Waals surface area contributed by atoms with Gasteiger partial charge in [0.2, 0.25) is 0 Å². The molecule has 2 rings (SSSR count). The van der Waals surface area contributed by atoms with Crippen molar-refractivity contribution < 1.29 is 9.90 Å². The summed E-state index contributed by atoms with van der Waals surface area (Å²) >= 11 is 8.67. The van der Waals surface area contributed by atoms with E-state index in [4.69, 9.17) is 16.7 Å². The Bertz CT molecular complexity index is 666. The van der Waals surface area contributed by atoms with E-state index < -0.39 is 0 Å². The Labute approximate surface area is 130 Å². The van der Waals surface area contributed by atoms with Gasteiger partial charge in [-0.1, -0.05) is 23.4 Å². The molecule has 1 unspecified atom stereocenters. The smallest absolute Gasteiger partial charge is 0.263 e. The predicted molar refractivity (Wildman–Crippen MR) is 83.5 cm³/mol. The van der Waals surface area contributed by atoms with Crippen LogP contribution in [0.25, 0.3) is 0 Å². The van der Waals surface area contributed by atoms with E-state index in [2.05, 4.69) is 17.2 Å². The van der Waals surface area contributed by atoms with Crippen molar-refractivity contribution in [2.45, 2.75) is 13.0 Å². The molecule has 0 spiro atoms. The van der Waals surface area contributed by atoms with Gasteiger partial charge in [-0.25, -0.2) is 0 Å². The molecule has 3 nitrogen and oxygen atoms in total. The van der Waals surface area contributed by atoms with Crippen LogP contribution < -0.4 is 5.32 Å². The van der Waals surface area contributed by atoms with E-state index in [1.54, 1.807) is 6.07 Å². The van der Waals surface area contributed by atoms with Gasteiger partial charge in [-0.05, 0) is 30.5 Å². The van der Waals surface area contributed by atoms with Crippen LogP contribution in [0.2, 0.25) is 4.34 Å². The second kappa shape index (κ2) is 6.91. The molecule has 0 saturated heterocycles. The van der Waals surface area contributed by atoms with Crippen LogP contribution in [0, 0.1) is 11.8 Å². The van der Waals surface area contributed by atoms with Crippen molar-refractivity contribution in [2.75, 3.05) is 6.61 Å². The van der Waals surface area contributed by atoms with Crippen molar-refractivity contribution in [3.63, 3.8) is 0 Å². The van der Waals surface area contributed by atoms with Crippen molar-refractivity contribution in [1.82, 2.24) is 5.32 Å². The molecule has 2 aromatic heterocycles. The van der Waals surface area contributed by atoms with Crippen molar-refractivity contribution in [3.8, 4) is 11.8 Å². The molecule has 2 N–H and O–H groups in total. The first-order chi connectivity index (χ1) is 9.61. The highest BCUT2D eigenvalue weighted by Gasteiger charge is 2.16. The summed E-state index contributed by atoms with van der Waals surface area (Å²) in [5.41, 5.74) is 0.637. The first kappa shape index (κ1) is 15.1. The van der Waals surface area contributed by atoms with E-state index in [0.717, 1.165) is 4.88 Å². The topological polar surface area (TPSA) is 49.3 Å². The number of amides is 1. The molecule has 2 heterocycles. The number of aliphatic hydroxyl groups excluding tert-OH is 1. The monoisotopic (exact) mass is 325 g/mol. The quantitative estimate of drug-likeness (QED) is 0.851. The highest BCUT2D eigenvalue weighted by molar-refractivity contribution is 7.16. The fraction of sp³-hybridized carbons (Fsp3) is 0.214. The minimum Gasteiger partial charge on any atom is -0.384 e. The number of carbonyl (C=O) groups excluding carboxylic acids is 1. The van der Waals surface area contributed by atoms with E-state index in [-0.39, 0.29) is 18.6 Å². The summed E-state index contributed by atoms with van der Waals surface area (Å²) in [7, 11) is 0. The molecule has 0 fully saturated rings. The highest BCUT2D eigenvalue weighted by Crippen LogP contribution is 2.27. The van der Waals surface area contributed by atoms with Crippen LogP contribution in [0.3, 0.4) is 0 Å². The number of hydrogen-bond acceptors (Lipinski definition) is 4. The molecule has 1 amide bonds. The van der Waals surface area contributed by atoms with Crippen LogP contribution in [0.4, 0.5) is 0 Å². The van der Waals surface area contributed by atoms with E-state index in [1.807, 2.05) is 24.4 Å². The highest BCUT2D eigenvalue weighted by atomic mass is 35.5. The van der Waals surface area contributed by atoms with Crippen LogP contribution in [0.15, 0.2) is 23.6 Å². The van der Waals surface area contributed by atoms with Gasteiger partial charge in [0.15, 0.2) is 0 Å². The summed E-state index contributed by atoms with van der Waals surface area (Å²) in [6.07, 6.45) is 0. The first-order valence-corrected chi connectivity index (χ1v) is 7.92. The molecular formula is C14H12ClNO2S2. The van der Waals surface area contributed by atoms with Gasteiger partial charge >= 0.3 is 0 Å². The number of hydrogen-bond donors (Lipinski definition) is 2. The molecule has 104 valence electrons. The average Bonchev–Trinajstić information content (AvgIpc) is 3.04. The minimum absolute atomic E-state index is 0.110. The lowest BCUT2D eigenvalue weighted by atomic mass is 10.2. The van der Waals surface area contributed by atoms with Crippen molar-refractivity contribution in [2.24, 2.45) is 0 Å². The zero-order valence-corrected chi connectivity index (χ0v) is 13.0. The largest absolute Gasteiger partial charge is 0.384 e. The van der Waals surface area contributed by atoms with Crippen molar-refractivity contribution in [3.05, 3.63) is 43.2 Å². The SMILES string of the molecule is CC(NC(=O)c1sccc1C#CCO)c1ccc(Cl)s1. The Morgan fingerprint density at radius 3 is 2.95 bits per heavy atom. The fourth-order valence-electron chi connectivity index (χ4n) is 1.61. The molecule has 0 radical (unpaired) electrons. The van der Waals surface area contributed by atoms with Gasteiger partial charge in [0.05, 0.1) is 10.4 Å². The molecule has 6 heteroatoms. The maximum atomic E-state index is 12.2. The molecular weight excluding hydrogens is 314 g/mol. The number of aliphatic hydroxyl groups is 1. The van der Waals surface area contributed by atoms with E-state index in [9.17, 15) is 4.79 Å². The summed E-state index contributed by atoms with van der Waals surface area (Å²) in [4.78, 5) is 13.8. The molecule has 0 bridgehead atoms. The number of halogens is 1. The van der Waals surface area contributed by atoms with Crippen LogP contribution in [-0.2, 0) is 0 Å². The predicted octanol–water partition coefficient (Wildman–Crippen LogP) is 3.30. The van der Waals surface area contributed by atoms with Gasteiger partial charge in [0.1, 0.15) is 11.5 Å². The lowest BCUT2D eigenvalue weighted by Crippen LogP contribution is -2.25. The normalized spacial score (nSPS) is 11.6. The van der Waals surface area contributed by atoms with Crippen LogP contribution in [0.5, 0.6) is 0 Å². The Morgan fingerprint density at radius 1 is 1.50 bits per heavy atom. The van der Waals surface area contributed by atoms with E-state index in [1.165, 1.54) is 22.7 Å². The lowest BCUT2D eigenvalue weighted by Gasteiger charge is -2.11. The Morgan fingerprint density at radius 2 is 2.30 bits per heavy atom. The van der Waals surface area contributed by atoms with Crippen molar-refractivity contribution >= 4 is 40.2 Å². The molecule has 2 aromatic rings. The lowest BCUT2D eigenvalue weighted by molar-refractivity contribution is 0.0944. The van der Waals surface area contributed by atoms with Crippen molar-refractivity contribution in [1.29, 1.82) is 0 Å². The fourth-order valence-corrected chi connectivity index (χ4v) is 3.43. The van der Waals surface area contributed by atoms with E-state index >= 15 is 0 Å². The summed E-state index contributed by atoms with van der Waals surface area (Å²) in [5.74, 6) is 5.16. The molecule has 0 aliphatic heterocycles. The third-order valence-electron chi connectivity index (χ3n) is 2.54. The van der Waals surface area contributed by atoms with Crippen LogP contribution in [-0.4, -0.2) is 17.6 Å².